The van der Waals surface area contributed by atoms with Gasteiger partial charge < -0.3 is 15.5 Å². The van der Waals surface area contributed by atoms with E-state index in [-0.39, 0.29) is 6.42 Å². The molecule has 0 aromatic carbocycles. The lowest BCUT2D eigenvalue weighted by Crippen LogP contribution is -2.50. The van der Waals surface area contributed by atoms with E-state index in [0.29, 0.717) is 12.8 Å². The molecule has 0 aromatic heterocycles. The Balaban J connectivity index is 4.52. The summed E-state index contributed by atoms with van der Waals surface area (Å²) in [4.78, 5) is 12.3. The monoisotopic (exact) mass is 515 g/mol. The van der Waals surface area contributed by atoms with Crippen LogP contribution in [0.2, 0.25) is 0 Å². The summed E-state index contributed by atoms with van der Waals surface area (Å²) in [6.45, 7) is 4.34. The Morgan fingerprint density at radius 1 is 0.771 bits per heavy atom. The maximum atomic E-state index is 12.3. The van der Waals surface area contributed by atoms with Gasteiger partial charge >= 0.3 is 0 Å². The molecular weight excluding hydrogens is 466 g/mol. The van der Waals surface area contributed by atoms with Crippen molar-refractivity contribution in [3.05, 3.63) is 36.5 Å². The van der Waals surface area contributed by atoms with Crippen molar-refractivity contribution >= 4 is 16.0 Å². The maximum Gasteiger partial charge on any atom is 0.267 e. The zero-order chi connectivity index (χ0) is 26.4. The number of unbranched alkanes of at least 4 members (excludes halogenated alkanes) is 9. The van der Waals surface area contributed by atoms with Crippen molar-refractivity contribution in [1.82, 2.24) is 5.32 Å². The fraction of sp³-hybridized carbons (Fsp3) is 0.741. The van der Waals surface area contributed by atoms with Crippen LogP contribution in [-0.2, 0) is 14.9 Å². The van der Waals surface area contributed by atoms with Crippen molar-refractivity contribution in [3.8, 4) is 0 Å². The number of allylic oxidation sites excluding steroid dienone is 5. The van der Waals surface area contributed by atoms with Gasteiger partial charge in [0.25, 0.3) is 10.1 Å². The molecule has 8 heteroatoms. The van der Waals surface area contributed by atoms with Crippen LogP contribution in [0.4, 0.5) is 0 Å². The summed E-state index contributed by atoms with van der Waals surface area (Å²) in [5, 5.41) is 22.9. The highest BCUT2D eigenvalue weighted by Crippen LogP contribution is 2.08. The summed E-state index contributed by atoms with van der Waals surface area (Å²) in [7, 11) is -4.44. The van der Waals surface area contributed by atoms with Gasteiger partial charge in [-0.05, 0) is 51.4 Å². The van der Waals surface area contributed by atoms with Crippen LogP contribution in [0.1, 0.15) is 104 Å². The van der Waals surface area contributed by atoms with Crippen LogP contribution in [0.15, 0.2) is 36.5 Å². The lowest BCUT2D eigenvalue weighted by molar-refractivity contribution is -0.130. The Kier molecular flexibility index (Phi) is 20.9. The highest BCUT2D eigenvalue weighted by molar-refractivity contribution is 7.85. The molecule has 0 saturated carbocycles. The third-order valence-corrected chi connectivity index (χ3v) is 6.44. The molecule has 0 saturated heterocycles. The van der Waals surface area contributed by atoms with Crippen molar-refractivity contribution in [2.75, 3.05) is 5.75 Å². The molecule has 35 heavy (non-hydrogen) atoms. The lowest BCUT2D eigenvalue weighted by atomic mass is 10.1. The minimum atomic E-state index is -4.44. The van der Waals surface area contributed by atoms with E-state index in [0.717, 1.165) is 25.7 Å². The van der Waals surface area contributed by atoms with Gasteiger partial charge in [0.1, 0.15) is 6.10 Å². The summed E-state index contributed by atoms with van der Waals surface area (Å²) in [5.74, 6) is -1.61. The van der Waals surface area contributed by atoms with Crippen LogP contribution in [0.3, 0.4) is 0 Å². The molecule has 3 unspecified atom stereocenters. The fourth-order valence-electron chi connectivity index (χ4n) is 3.53. The molecule has 0 bridgehead atoms. The van der Waals surface area contributed by atoms with Gasteiger partial charge in [0.2, 0.25) is 5.91 Å². The Hall–Kier alpha value is -1.48. The molecule has 1 amide bonds. The number of aliphatic hydroxyl groups is 2. The van der Waals surface area contributed by atoms with E-state index >= 15 is 0 Å². The minimum Gasteiger partial charge on any atom is -0.387 e. The fourth-order valence-corrected chi connectivity index (χ4v) is 4.26. The largest absolute Gasteiger partial charge is 0.387 e. The van der Waals surface area contributed by atoms with Crippen LogP contribution in [0.25, 0.3) is 0 Å². The first-order valence-corrected chi connectivity index (χ1v) is 14.9. The molecule has 4 N–H and O–H groups in total. The van der Waals surface area contributed by atoms with E-state index in [2.05, 4.69) is 31.3 Å². The van der Waals surface area contributed by atoms with Crippen molar-refractivity contribution < 1.29 is 28.0 Å². The van der Waals surface area contributed by atoms with Gasteiger partial charge in [-0.3, -0.25) is 9.35 Å². The Morgan fingerprint density at radius 2 is 1.29 bits per heavy atom. The number of rotatable bonds is 22. The number of amides is 1. The Labute approximate surface area is 213 Å². The smallest absolute Gasteiger partial charge is 0.267 e. The molecule has 7 nitrogen and oxygen atoms in total. The second kappa shape index (κ2) is 21.8. The quantitative estimate of drug-likeness (QED) is 0.0887. The summed E-state index contributed by atoms with van der Waals surface area (Å²) in [6.07, 6.45) is 22.4. The van der Waals surface area contributed by atoms with Crippen LogP contribution in [-0.4, -0.2) is 53.1 Å². The minimum absolute atomic E-state index is 0.187. The summed E-state index contributed by atoms with van der Waals surface area (Å²) < 4.78 is 32.0. The number of aliphatic hydroxyl groups excluding tert-OH is 2. The number of hydrogen-bond donors (Lipinski definition) is 4. The van der Waals surface area contributed by atoms with Gasteiger partial charge in [-0.1, -0.05) is 88.8 Å². The van der Waals surface area contributed by atoms with E-state index in [4.69, 9.17) is 0 Å². The van der Waals surface area contributed by atoms with E-state index in [1.165, 1.54) is 51.0 Å². The third-order valence-electron chi connectivity index (χ3n) is 5.65. The van der Waals surface area contributed by atoms with Crippen molar-refractivity contribution in [1.29, 1.82) is 0 Å². The van der Waals surface area contributed by atoms with E-state index in [1.54, 1.807) is 6.08 Å². The molecule has 0 aliphatic heterocycles. The predicted molar refractivity (Wildman–Crippen MR) is 144 cm³/mol. The zero-order valence-corrected chi connectivity index (χ0v) is 22.6. The molecule has 204 valence electrons. The standard InChI is InChI=1S/C27H49NO6S/c1-3-5-7-9-11-13-14-16-17-19-21-25(29)24(23-35(32,33)34)28-27(31)26(30)22-20-18-15-12-10-8-6-4-2/h13-15,18-19,21,24-26,29-30H,3-12,16-17,20,22-23H2,1-2H3,(H,28,31)(H,32,33,34)/b14-13+,18-15-,21-19+. The molecule has 0 aromatic rings. The average Bonchev–Trinajstić information content (AvgIpc) is 2.80. The van der Waals surface area contributed by atoms with Crippen LogP contribution in [0.5, 0.6) is 0 Å². The van der Waals surface area contributed by atoms with E-state index < -0.39 is 40.0 Å². The second-order valence-electron chi connectivity index (χ2n) is 9.09. The van der Waals surface area contributed by atoms with E-state index in [9.17, 15) is 28.0 Å². The maximum absolute atomic E-state index is 12.3. The summed E-state index contributed by atoms with van der Waals surface area (Å²) >= 11 is 0. The SMILES string of the molecule is CCCCCC/C=C\CCC(O)C(=O)NC(CS(=O)(=O)O)C(O)/C=C/CC/C=C/CCCCCC. The zero-order valence-electron chi connectivity index (χ0n) is 21.8. The van der Waals surface area contributed by atoms with Crippen LogP contribution in [0, 0.1) is 0 Å². The van der Waals surface area contributed by atoms with Gasteiger partial charge in [0, 0.05) is 0 Å². The molecule has 0 fully saturated rings. The molecule has 0 aliphatic carbocycles. The van der Waals surface area contributed by atoms with E-state index in [1.807, 2.05) is 12.2 Å². The molecule has 0 spiro atoms. The van der Waals surface area contributed by atoms with Gasteiger partial charge in [0.05, 0.1) is 17.9 Å². The first kappa shape index (κ1) is 33.5. The first-order chi connectivity index (χ1) is 16.7. The highest BCUT2D eigenvalue weighted by atomic mass is 32.2. The van der Waals surface area contributed by atoms with Gasteiger partial charge in [-0.2, -0.15) is 8.42 Å². The molecule has 0 aliphatic rings. The number of carbonyl (C=O) groups is 1. The predicted octanol–water partition coefficient (Wildman–Crippen LogP) is 5.25. The molecule has 0 radical (unpaired) electrons. The van der Waals surface area contributed by atoms with Gasteiger partial charge in [0.15, 0.2) is 0 Å². The van der Waals surface area contributed by atoms with Crippen LogP contribution < -0.4 is 5.32 Å². The average molecular weight is 516 g/mol. The molecule has 0 rings (SSSR count). The summed E-state index contributed by atoms with van der Waals surface area (Å²) in [6, 6.07) is -1.26. The highest BCUT2D eigenvalue weighted by Gasteiger charge is 2.27. The summed E-state index contributed by atoms with van der Waals surface area (Å²) in [5.41, 5.74) is 0. The molecular formula is C27H49NO6S. The Morgan fingerprint density at radius 3 is 1.83 bits per heavy atom. The molecule has 0 heterocycles. The van der Waals surface area contributed by atoms with Crippen LogP contribution >= 0.6 is 0 Å². The van der Waals surface area contributed by atoms with Gasteiger partial charge in [-0.25, -0.2) is 0 Å². The normalized spacial score (nSPS) is 15.2. The second-order valence-corrected chi connectivity index (χ2v) is 10.6. The topological polar surface area (TPSA) is 124 Å². The van der Waals surface area contributed by atoms with Crippen molar-refractivity contribution in [3.63, 3.8) is 0 Å². The first-order valence-electron chi connectivity index (χ1n) is 13.3. The van der Waals surface area contributed by atoms with Crippen molar-refractivity contribution in [2.45, 2.75) is 122 Å². The third kappa shape index (κ3) is 21.5. The number of hydrogen-bond acceptors (Lipinski definition) is 5. The van der Waals surface area contributed by atoms with Gasteiger partial charge in [-0.15, -0.1) is 0 Å². The molecule has 3 atom stereocenters. The number of carbonyl (C=O) groups excluding carboxylic acids is 1. The lowest BCUT2D eigenvalue weighted by Gasteiger charge is -2.22. The Bertz CT molecular complexity index is 717. The number of nitrogens with one attached hydrogen (secondary N) is 1. The van der Waals surface area contributed by atoms with Crippen molar-refractivity contribution in [2.24, 2.45) is 0 Å².